The first-order valence-electron chi connectivity index (χ1n) is 17.8. The number of benzene rings is 8. The lowest BCUT2D eigenvalue weighted by Gasteiger charge is -2.19. The highest BCUT2D eigenvalue weighted by Crippen LogP contribution is 2.40. The number of rotatable bonds is 5. The zero-order chi connectivity index (χ0) is 35.6. The van der Waals surface area contributed by atoms with Gasteiger partial charge in [-0.05, 0) is 70.3 Å². The molecule has 6 radical (unpaired) electrons. The van der Waals surface area contributed by atoms with Crippen molar-refractivity contribution in [2.24, 2.45) is 0 Å². The van der Waals surface area contributed by atoms with Crippen molar-refractivity contribution >= 4 is 83.5 Å². The normalized spacial score (nSPS) is 11.6. The smallest absolute Gasteiger partial charge is 0.115 e. The minimum atomic E-state index is 0.472. The quantitative estimate of drug-likeness (QED) is 0.162. The Kier molecular flexibility index (Phi) is 7.30. The zero-order valence-corrected chi connectivity index (χ0v) is 28.9. The summed E-state index contributed by atoms with van der Waals surface area (Å²) in [7, 11) is 21.3. The van der Waals surface area contributed by atoms with Gasteiger partial charge in [0.05, 0.1) is 16.6 Å². The summed E-state index contributed by atoms with van der Waals surface area (Å²) in [6.45, 7) is 0. The van der Waals surface area contributed by atoms with E-state index in [4.69, 9.17) is 23.5 Å². The Morgan fingerprint density at radius 3 is 1.62 bits per heavy atom. The Balaban J connectivity index is 1.24. The van der Waals surface area contributed by atoms with Crippen LogP contribution in [0.3, 0.4) is 0 Å². The Morgan fingerprint density at radius 2 is 0.887 bits per heavy atom. The lowest BCUT2D eigenvalue weighted by Crippen LogP contribution is -2.35. The van der Waals surface area contributed by atoms with Gasteiger partial charge in [-0.2, -0.15) is 0 Å². The van der Waals surface area contributed by atoms with E-state index >= 15 is 0 Å². The van der Waals surface area contributed by atoms with Gasteiger partial charge in [0.2, 0.25) is 0 Å². The Bertz CT molecular complexity index is 3000. The maximum atomic E-state index is 7.24. The number of para-hydroxylation sites is 3. The summed E-state index contributed by atoms with van der Waals surface area (Å²) in [6, 6.07) is 61.5. The highest BCUT2D eigenvalue weighted by molar-refractivity contribution is 6.60. The van der Waals surface area contributed by atoms with Crippen LogP contribution in [0.25, 0.3) is 88.4 Å². The molecular weight excluding hydrogens is 637 g/mol. The predicted octanol–water partition coefficient (Wildman–Crippen LogP) is 9.26. The Labute approximate surface area is 312 Å². The summed E-state index contributed by atoms with van der Waals surface area (Å²) in [5.41, 5.74) is 14.1. The largest absolute Gasteiger partial charge is 0.310 e. The molecular formula is C48H29B3N2. The van der Waals surface area contributed by atoms with Crippen molar-refractivity contribution in [2.45, 2.75) is 0 Å². The molecule has 8 aromatic carbocycles. The van der Waals surface area contributed by atoms with Crippen molar-refractivity contribution in [1.82, 2.24) is 9.13 Å². The third-order valence-corrected chi connectivity index (χ3v) is 10.6. The Hall–Kier alpha value is -6.45. The molecule has 2 aromatic heterocycles. The van der Waals surface area contributed by atoms with Gasteiger partial charge < -0.3 is 9.13 Å². The van der Waals surface area contributed by atoms with Crippen molar-refractivity contribution in [3.63, 3.8) is 0 Å². The molecule has 10 aromatic rings. The van der Waals surface area contributed by atoms with Crippen molar-refractivity contribution in [1.29, 1.82) is 0 Å². The molecule has 240 valence electrons. The molecule has 0 saturated carbocycles. The summed E-state index contributed by atoms with van der Waals surface area (Å²) >= 11 is 0. The van der Waals surface area contributed by atoms with Gasteiger partial charge in [0.15, 0.2) is 0 Å². The van der Waals surface area contributed by atoms with Crippen molar-refractivity contribution in [3.8, 4) is 44.8 Å². The lowest BCUT2D eigenvalue weighted by molar-refractivity contribution is 1.18. The van der Waals surface area contributed by atoms with Crippen molar-refractivity contribution in [2.75, 3.05) is 0 Å². The minimum Gasteiger partial charge on any atom is -0.310 e. The van der Waals surface area contributed by atoms with Crippen molar-refractivity contribution < 1.29 is 0 Å². The molecule has 2 heterocycles. The molecule has 0 atom stereocenters. The third-order valence-electron chi connectivity index (χ3n) is 10.6. The van der Waals surface area contributed by atoms with Crippen LogP contribution in [0.1, 0.15) is 0 Å². The molecule has 0 amide bonds. The van der Waals surface area contributed by atoms with E-state index in [9.17, 15) is 0 Å². The van der Waals surface area contributed by atoms with Crippen LogP contribution in [0, 0.1) is 0 Å². The lowest BCUT2D eigenvalue weighted by atomic mass is 9.69. The van der Waals surface area contributed by atoms with Crippen LogP contribution in [-0.2, 0) is 0 Å². The summed E-state index contributed by atoms with van der Waals surface area (Å²) in [5, 5.41) is 4.17. The van der Waals surface area contributed by atoms with Gasteiger partial charge in [-0.15, -0.1) is 0 Å². The minimum absolute atomic E-state index is 0.472. The first kappa shape index (κ1) is 31.3. The maximum absolute atomic E-state index is 7.24. The first-order valence-corrected chi connectivity index (χ1v) is 17.8. The van der Waals surface area contributed by atoms with Crippen LogP contribution in [0.5, 0.6) is 0 Å². The standard InChI is InChI=1S/C48H29B3N2/c49-44-42(45(50)46(51)48-43(44)38-19-10-11-22-40(38)53(48)34-17-8-3-9-18-34)33-25-28-41-39(29-33)37-21-12-20-36(32-15-6-2-7-16-32)47(37)52(41)35-26-23-31(24-27-35)30-13-4-1-5-14-30/h1-29H. The van der Waals surface area contributed by atoms with E-state index in [2.05, 4.69) is 149 Å². The van der Waals surface area contributed by atoms with Gasteiger partial charge in [0.25, 0.3) is 0 Å². The van der Waals surface area contributed by atoms with E-state index in [0.717, 1.165) is 77.2 Å². The van der Waals surface area contributed by atoms with E-state index in [-0.39, 0.29) is 0 Å². The summed E-state index contributed by atoms with van der Waals surface area (Å²) in [4.78, 5) is 0. The average molecular weight is 666 g/mol. The number of nitrogens with zero attached hydrogens (tertiary/aromatic N) is 2. The molecule has 0 aliphatic rings. The molecule has 5 heteroatoms. The van der Waals surface area contributed by atoms with E-state index in [1.807, 2.05) is 36.4 Å². The fourth-order valence-corrected chi connectivity index (χ4v) is 8.23. The summed E-state index contributed by atoms with van der Waals surface area (Å²) < 4.78 is 4.55. The second-order valence-corrected chi connectivity index (χ2v) is 13.6. The van der Waals surface area contributed by atoms with Gasteiger partial charge in [-0.1, -0.05) is 150 Å². The topological polar surface area (TPSA) is 9.86 Å². The highest BCUT2D eigenvalue weighted by atomic mass is 15.0. The summed E-state index contributed by atoms with van der Waals surface area (Å²) in [5.74, 6) is 0. The van der Waals surface area contributed by atoms with Crippen LogP contribution in [0.4, 0.5) is 0 Å². The molecule has 0 aliphatic heterocycles. The predicted molar refractivity (Wildman–Crippen MR) is 228 cm³/mol. The van der Waals surface area contributed by atoms with E-state index in [1.165, 1.54) is 11.1 Å². The van der Waals surface area contributed by atoms with Gasteiger partial charge in [-0.3, -0.25) is 0 Å². The number of hydrogen-bond acceptors (Lipinski definition) is 0. The van der Waals surface area contributed by atoms with Crippen LogP contribution >= 0.6 is 0 Å². The molecule has 10 rings (SSSR count). The van der Waals surface area contributed by atoms with Crippen LogP contribution in [0.15, 0.2) is 176 Å². The van der Waals surface area contributed by atoms with Crippen LogP contribution in [-0.4, -0.2) is 32.7 Å². The number of fused-ring (bicyclic) bond motifs is 6. The summed E-state index contributed by atoms with van der Waals surface area (Å²) in [6.07, 6.45) is 0. The van der Waals surface area contributed by atoms with Gasteiger partial charge in [0.1, 0.15) is 23.5 Å². The molecule has 0 saturated heterocycles. The fraction of sp³-hybridized carbons (Fsp3) is 0. The SMILES string of the molecule is [B]c1c(-c2ccc3c(c2)c2cccc(-c4ccccc4)c2n3-c2ccc(-c3ccccc3)cc2)c([B])c2c3ccccc3n(-c3ccccc3)c2c1[B]. The average Bonchev–Trinajstić information content (AvgIpc) is 3.75. The molecule has 53 heavy (non-hydrogen) atoms. The molecule has 0 fully saturated rings. The molecule has 0 unspecified atom stereocenters. The highest BCUT2D eigenvalue weighted by Gasteiger charge is 2.22. The number of aromatic nitrogens is 2. The first-order chi connectivity index (χ1) is 26.1. The van der Waals surface area contributed by atoms with Crippen LogP contribution < -0.4 is 16.4 Å². The van der Waals surface area contributed by atoms with Gasteiger partial charge >= 0.3 is 0 Å². The number of hydrogen-bond donors (Lipinski definition) is 0. The van der Waals surface area contributed by atoms with E-state index in [0.29, 0.717) is 16.4 Å². The Morgan fingerprint density at radius 1 is 0.340 bits per heavy atom. The van der Waals surface area contributed by atoms with E-state index < -0.39 is 0 Å². The molecule has 2 nitrogen and oxygen atoms in total. The molecule has 0 N–H and O–H groups in total. The van der Waals surface area contributed by atoms with Gasteiger partial charge in [-0.25, -0.2) is 0 Å². The zero-order valence-electron chi connectivity index (χ0n) is 28.9. The fourth-order valence-electron chi connectivity index (χ4n) is 8.23. The maximum Gasteiger partial charge on any atom is 0.115 e. The van der Waals surface area contributed by atoms with E-state index in [1.54, 1.807) is 0 Å². The molecule has 0 bridgehead atoms. The monoisotopic (exact) mass is 666 g/mol. The van der Waals surface area contributed by atoms with Crippen molar-refractivity contribution in [3.05, 3.63) is 176 Å². The second kappa shape index (κ2) is 12.4. The third kappa shape index (κ3) is 4.84. The molecule has 0 spiro atoms. The van der Waals surface area contributed by atoms with Crippen LogP contribution in [0.2, 0.25) is 0 Å². The second-order valence-electron chi connectivity index (χ2n) is 13.6. The van der Waals surface area contributed by atoms with Gasteiger partial charge in [0, 0.05) is 44.0 Å². The molecule has 0 aliphatic carbocycles.